The Morgan fingerprint density at radius 2 is 2.09 bits per heavy atom. The maximum atomic E-state index is 12.6. The van der Waals surface area contributed by atoms with Crippen molar-refractivity contribution in [1.82, 2.24) is 4.90 Å². The Bertz CT molecular complexity index is 613. The first-order valence-electron chi connectivity index (χ1n) is 7.61. The largest absolute Gasteiger partial charge is 0.324 e. The molecule has 0 spiro atoms. The van der Waals surface area contributed by atoms with Crippen molar-refractivity contribution in [3.63, 3.8) is 0 Å². The minimum Gasteiger partial charge on any atom is -0.324 e. The van der Waals surface area contributed by atoms with E-state index in [4.69, 9.17) is 0 Å². The second-order valence-corrected chi connectivity index (χ2v) is 9.31. The normalized spacial score (nSPS) is 18.1. The number of carbonyl (C=O) groups is 2. The number of thioether (sulfide) groups is 1. The molecule has 1 heterocycles. The molecule has 126 valence electrons. The van der Waals surface area contributed by atoms with Crippen LogP contribution in [0.4, 0.5) is 5.69 Å². The number of aryl methyl sites for hydroxylation is 1. The van der Waals surface area contributed by atoms with E-state index in [-0.39, 0.29) is 23.3 Å². The molecule has 2 amide bonds. The smallest absolute Gasteiger partial charge is 0.248 e. The molecule has 1 N–H and O–H groups in total. The van der Waals surface area contributed by atoms with Crippen LogP contribution in [0.5, 0.6) is 0 Å². The van der Waals surface area contributed by atoms with Gasteiger partial charge in [-0.3, -0.25) is 9.59 Å². The zero-order chi connectivity index (χ0) is 17.2. The Morgan fingerprint density at radius 3 is 2.70 bits per heavy atom. The summed E-state index contributed by atoms with van der Waals surface area (Å²) in [5, 5.41) is 2.98. The van der Waals surface area contributed by atoms with Crippen LogP contribution in [-0.4, -0.2) is 34.4 Å². The van der Waals surface area contributed by atoms with Crippen LogP contribution < -0.4 is 5.32 Å². The van der Waals surface area contributed by atoms with E-state index >= 15 is 0 Å². The van der Waals surface area contributed by atoms with Gasteiger partial charge in [-0.05, 0) is 58.7 Å². The van der Waals surface area contributed by atoms with Gasteiger partial charge >= 0.3 is 0 Å². The lowest BCUT2D eigenvalue weighted by atomic mass is 9.91. The number of carbonyl (C=O) groups excluding carboxylic acids is 2. The first-order valence-corrected chi connectivity index (χ1v) is 9.85. The molecule has 0 aliphatic carbocycles. The van der Waals surface area contributed by atoms with Crippen molar-refractivity contribution >= 4 is 51.9 Å². The molecule has 4 nitrogen and oxygen atoms in total. The van der Waals surface area contributed by atoms with E-state index in [9.17, 15) is 9.59 Å². The SMILES string of the molecule is Cc1cc(I)ccc1NC(=O)C1CSCN1C(=O)CC(C)(C)C. The van der Waals surface area contributed by atoms with Crippen LogP contribution in [-0.2, 0) is 9.59 Å². The summed E-state index contributed by atoms with van der Waals surface area (Å²) < 4.78 is 1.14. The van der Waals surface area contributed by atoms with E-state index in [1.54, 1.807) is 16.7 Å². The summed E-state index contributed by atoms with van der Waals surface area (Å²) in [6.45, 7) is 8.10. The molecule has 1 unspecified atom stereocenters. The van der Waals surface area contributed by atoms with Gasteiger partial charge in [0.1, 0.15) is 6.04 Å². The lowest BCUT2D eigenvalue weighted by molar-refractivity contribution is -0.137. The second kappa shape index (κ2) is 7.42. The van der Waals surface area contributed by atoms with Gasteiger partial charge in [0.2, 0.25) is 11.8 Å². The molecule has 1 fully saturated rings. The predicted molar refractivity (Wildman–Crippen MR) is 105 cm³/mol. The Balaban J connectivity index is 2.07. The first-order chi connectivity index (χ1) is 10.7. The number of nitrogens with zero attached hydrogens (tertiary/aromatic N) is 1. The summed E-state index contributed by atoms with van der Waals surface area (Å²) in [4.78, 5) is 26.8. The number of halogens is 1. The lowest BCUT2D eigenvalue weighted by Gasteiger charge is -2.27. The quantitative estimate of drug-likeness (QED) is 0.718. The van der Waals surface area contributed by atoms with Gasteiger partial charge in [-0.2, -0.15) is 0 Å². The van der Waals surface area contributed by atoms with E-state index in [0.29, 0.717) is 18.1 Å². The number of rotatable bonds is 3. The van der Waals surface area contributed by atoms with E-state index in [2.05, 4.69) is 27.9 Å². The van der Waals surface area contributed by atoms with Crippen molar-refractivity contribution in [2.24, 2.45) is 5.41 Å². The number of nitrogens with one attached hydrogen (secondary N) is 1. The molecule has 1 saturated heterocycles. The highest BCUT2D eigenvalue weighted by atomic mass is 127. The highest BCUT2D eigenvalue weighted by molar-refractivity contribution is 14.1. The van der Waals surface area contributed by atoms with Crippen LogP contribution in [0.1, 0.15) is 32.8 Å². The fraction of sp³-hybridized carbons (Fsp3) is 0.529. The molecule has 0 bridgehead atoms. The molecule has 6 heteroatoms. The Morgan fingerprint density at radius 1 is 1.39 bits per heavy atom. The van der Waals surface area contributed by atoms with Gasteiger partial charge in [0.25, 0.3) is 0 Å². The van der Waals surface area contributed by atoms with Crippen LogP contribution >= 0.6 is 34.4 Å². The summed E-state index contributed by atoms with van der Waals surface area (Å²) in [6.07, 6.45) is 0.458. The number of hydrogen-bond acceptors (Lipinski definition) is 3. The average molecular weight is 446 g/mol. The van der Waals surface area contributed by atoms with Crippen LogP contribution in [0.25, 0.3) is 0 Å². The number of anilines is 1. The minimum absolute atomic E-state index is 0.0574. The third-order valence-electron chi connectivity index (χ3n) is 3.63. The van der Waals surface area contributed by atoms with E-state index in [0.717, 1.165) is 14.8 Å². The molecular formula is C17H23IN2O2S. The van der Waals surface area contributed by atoms with E-state index < -0.39 is 0 Å². The van der Waals surface area contributed by atoms with Gasteiger partial charge in [-0.1, -0.05) is 20.8 Å². The van der Waals surface area contributed by atoms with Crippen molar-refractivity contribution in [3.8, 4) is 0 Å². The summed E-state index contributed by atoms with van der Waals surface area (Å²) in [5.74, 6) is 1.22. The summed E-state index contributed by atoms with van der Waals surface area (Å²) >= 11 is 3.88. The molecule has 0 aromatic heterocycles. The van der Waals surface area contributed by atoms with Crippen molar-refractivity contribution in [3.05, 3.63) is 27.3 Å². The number of amides is 2. The van der Waals surface area contributed by atoms with Crippen LogP contribution in [0.3, 0.4) is 0 Å². The molecule has 1 aromatic rings. The molecule has 1 aromatic carbocycles. The molecular weight excluding hydrogens is 423 g/mol. The third-order valence-corrected chi connectivity index (χ3v) is 5.32. The van der Waals surface area contributed by atoms with Crippen molar-refractivity contribution in [1.29, 1.82) is 0 Å². The summed E-state index contributed by atoms with van der Waals surface area (Å²) in [5.41, 5.74) is 1.77. The predicted octanol–water partition coefficient (Wildman–Crippen LogP) is 3.88. The van der Waals surface area contributed by atoms with Gasteiger partial charge in [0.15, 0.2) is 0 Å². The van der Waals surface area contributed by atoms with E-state index in [1.807, 2.05) is 45.9 Å². The van der Waals surface area contributed by atoms with Crippen LogP contribution in [0, 0.1) is 15.9 Å². The van der Waals surface area contributed by atoms with Crippen molar-refractivity contribution < 1.29 is 9.59 Å². The van der Waals surface area contributed by atoms with Crippen molar-refractivity contribution in [2.75, 3.05) is 16.9 Å². The van der Waals surface area contributed by atoms with Gasteiger partial charge in [0, 0.05) is 21.4 Å². The van der Waals surface area contributed by atoms with Crippen LogP contribution in [0.15, 0.2) is 18.2 Å². The highest BCUT2D eigenvalue weighted by Gasteiger charge is 2.35. The van der Waals surface area contributed by atoms with Crippen LogP contribution in [0.2, 0.25) is 0 Å². The summed E-state index contributed by atoms with van der Waals surface area (Å²) in [6, 6.07) is 5.53. The fourth-order valence-electron chi connectivity index (χ4n) is 2.44. The Kier molecular flexibility index (Phi) is 5.99. The summed E-state index contributed by atoms with van der Waals surface area (Å²) in [7, 11) is 0. The molecule has 2 rings (SSSR count). The van der Waals surface area contributed by atoms with Gasteiger partial charge in [-0.25, -0.2) is 0 Å². The molecule has 1 aliphatic rings. The average Bonchev–Trinajstić information content (AvgIpc) is 2.89. The zero-order valence-corrected chi connectivity index (χ0v) is 17.0. The molecule has 0 radical (unpaired) electrons. The Hall–Kier alpha value is -0.760. The highest BCUT2D eigenvalue weighted by Crippen LogP contribution is 2.27. The third kappa shape index (κ3) is 5.11. The fourth-order valence-corrected chi connectivity index (χ4v) is 4.27. The minimum atomic E-state index is -0.381. The van der Waals surface area contributed by atoms with Gasteiger partial charge in [0.05, 0.1) is 5.88 Å². The first kappa shape index (κ1) is 18.6. The van der Waals surface area contributed by atoms with Gasteiger partial charge in [-0.15, -0.1) is 11.8 Å². The second-order valence-electron chi connectivity index (χ2n) is 7.07. The Labute approximate surface area is 155 Å². The van der Waals surface area contributed by atoms with E-state index in [1.165, 1.54) is 0 Å². The molecule has 1 atom stereocenters. The maximum Gasteiger partial charge on any atom is 0.248 e. The monoisotopic (exact) mass is 446 g/mol. The zero-order valence-electron chi connectivity index (χ0n) is 14.0. The molecule has 23 heavy (non-hydrogen) atoms. The molecule has 0 saturated carbocycles. The molecule has 1 aliphatic heterocycles. The topological polar surface area (TPSA) is 49.4 Å². The number of benzene rings is 1. The standard InChI is InChI=1S/C17H23IN2O2S/c1-11-7-12(18)5-6-13(11)19-16(22)14-9-23-10-20(14)15(21)8-17(2,3)4/h5-7,14H,8-10H2,1-4H3,(H,19,22). The maximum absolute atomic E-state index is 12.6. The number of hydrogen-bond donors (Lipinski definition) is 1. The lowest BCUT2D eigenvalue weighted by Crippen LogP contribution is -2.45. The van der Waals surface area contributed by atoms with Crippen molar-refractivity contribution in [2.45, 2.75) is 40.2 Å². The van der Waals surface area contributed by atoms with Gasteiger partial charge < -0.3 is 10.2 Å².